The molecule has 27 heavy (non-hydrogen) atoms. The molecule has 0 saturated carbocycles. The van der Waals surface area contributed by atoms with Gasteiger partial charge in [-0.05, 0) is 35.4 Å². The second kappa shape index (κ2) is 9.77. The van der Waals surface area contributed by atoms with Crippen LogP contribution in [0, 0.1) is 0 Å². The molecule has 0 aliphatic rings. The van der Waals surface area contributed by atoms with Gasteiger partial charge in [-0.25, -0.2) is 0 Å². The fraction of sp³-hybridized carbons (Fsp3) is 0.0909. The summed E-state index contributed by atoms with van der Waals surface area (Å²) in [5.74, 6) is 0.457. The summed E-state index contributed by atoms with van der Waals surface area (Å²) in [6.07, 6.45) is 1.56. The Hall–Kier alpha value is -3.60. The van der Waals surface area contributed by atoms with E-state index >= 15 is 0 Å². The number of benzene rings is 3. The number of carbonyl (C=O) groups excluding carboxylic acids is 1. The third-order valence-electron chi connectivity index (χ3n) is 3.66. The summed E-state index contributed by atoms with van der Waals surface area (Å²) in [5, 5.41) is 6.53. The molecule has 0 atom stereocenters. The zero-order valence-corrected chi connectivity index (χ0v) is 14.7. The van der Waals surface area contributed by atoms with E-state index in [4.69, 9.17) is 9.57 Å². The number of oxime groups is 1. The Balaban J connectivity index is 1.41. The molecule has 1 N–H and O–H groups in total. The summed E-state index contributed by atoms with van der Waals surface area (Å²) in [4.78, 5) is 16.9. The van der Waals surface area contributed by atoms with Gasteiger partial charge in [0.15, 0.2) is 6.61 Å². The van der Waals surface area contributed by atoms with Gasteiger partial charge in [-0.3, -0.25) is 4.79 Å². The minimum absolute atomic E-state index is 0.157. The highest BCUT2D eigenvalue weighted by atomic mass is 16.6. The van der Waals surface area contributed by atoms with Crippen molar-refractivity contribution in [2.24, 2.45) is 5.16 Å². The first-order valence-electron chi connectivity index (χ1n) is 8.56. The van der Waals surface area contributed by atoms with Gasteiger partial charge < -0.3 is 14.9 Å². The van der Waals surface area contributed by atoms with Gasteiger partial charge in [0.1, 0.15) is 12.4 Å². The normalized spacial score (nSPS) is 10.5. The molecule has 0 saturated heterocycles. The lowest BCUT2D eigenvalue weighted by molar-refractivity contribution is -0.120. The minimum Gasteiger partial charge on any atom is -0.489 e. The monoisotopic (exact) mass is 360 g/mol. The zero-order valence-electron chi connectivity index (χ0n) is 14.7. The molecule has 0 fully saturated rings. The molecule has 3 aromatic rings. The van der Waals surface area contributed by atoms with Crippen LogP contribution in [-0.4, -0.2) is 18.7 Å². The highest BCUT2D eigenvalue weighted by Gasteiger charge is 2.03. The maximum absolute atomic E-state index is 11.9. The standard InChI is InChI=1S/C22H20N2O3/c25-22(17-27-23-15-18-7-3-1-4-8-18)24-20-11-13-21(14-12-20)26-16-19-9-5-2-6-10-19/h1-15H,16-17H2,(H,24,25)/b23-15-. The van der Waals surface area contributed by atoms with E-state index in [2.05, 4.69) is 10.5 Å². The van der Waals surface area contributed by atoms with Crippen LogP contribution < -0.4 is 10.1 Å². The number of amides is 1. The van der Waals surface area contributed by atoms with Gasteiger partial charge in [0.25, 0.3) is 5.91 Å². The molecule has 3 aromatic carbocycles. The average Bonchev–Trinajstić information content (AvgIpc) is 2.72. The Labute approximate surface area is 158 Å². The fourth-order valence-electron chi connectivity index (χ4n) is 2.31. The van der Waals surface area contributed by atoms with Crippen LogP contribution in [0.1, 0.15) is 11.1 Å². The van der Waals surface area contributed by atoms with Crippen LogP contribution in [0.4, 0.5) is 5.69 Å². The molecule has 0 heterocycles. The van der Waals surface area contributed by atoms with E-state index in [-0.39, 0.29) is 12.5 Å². The Kier molecular flexibility index (Phi) is 6.59. The van der Waals surface area contributed by atoms with Crippen molar-refractivity contribution in [2.45, 2.75) is 6.61 Å². The van der Waals surface area contributed by atoms with E-state index < -0.39 is 0 Å². The number of nitrogens with one attached hydrogen (secondary N) is 1. The van der Waals surface area contributed by atoms with Crippen LogP contribution in [-0.2, 0) is 16.2 Å². The minimum atomic E-state index is -0.279. The lowest BCUT2D eigenvalue weighted by Gasteiger charge is -2.08. The first-order chi connectivity index (χ1) is 13.3. The van der Waals surface area contributed by atoms with E-state index in [1.54, 1.807) is 18.3 Å². The Morgan fingerprint density at radius 1 is 0.889 bits per heavy atom. The van der Waals surface area contributed by atoms with Crippen LogP contribution >= 0.6 is 0 Å². The predicted molar refractivity (Wildman–Crippen MR) is 106 cm³/mol. The van der Waals surface area contributed by atoms with Crippen molar-refractivity contribution < 1.29 is 14.4 Å². The molecule has 1 amide bonds. The molecule has 136 valence electrons. The topological polar surface area (TPSA) is 59.9 Å². The Morgan fingerprint density at radius 3 is 2.26 bits per heavy atom. The second-order valence-corrected chi connectivity index (χ2v) is 5.77. The largest absolute Gasteiger partial charge is 0.489 e. The molecule has 0 radical (unpaired) electrons. The van der Waals surface area contributed by atoms with Crippen molar-refractivity contribution in [3.8, 4) is 5.75 Å². The van der Waals surface area contributed by atoms with Gasteiger partial charge in [-0.1, -0.05) is 65.8 Å². The first-order valence-corrected chi connectivity index (χ1v) is 8.56. The number of nitrogens with zero attached hydrogens (tertiary/aromatic N) is 1. The van der Waals surface area contributed by atoms with Crippen LogP contribution in [0.5, 0.6) is 5.75 Å². The number of anilines is 1. The maximum atomic E-state index is 11.9. The van der Waals surface area contributed by atoms with Crippen LogP contribution in [0.15, 0.2) is 90.1 Å². The summed E-state index contributed by atoms with van der Waals surface area (Å²) in [5.41, 5.74) is 2.68. The highest BCUT2D eigenvalue weighted by molar-refractivity contribution is 5.91. The highest BCUT2D eigenvalue weighted by Crippen LogP contribution is 2.17. The fourth-order valence-corrected chi connectivity index (χ4v) is 2.31. The van der Waals surface area contributed by atoms with Crippen molar-refractivity contribution in [3.05, 3.63) is 96.1 Å². The SMILES string of the molecule is O=C(CO/N=C\c1ccccc1)Nc1ccc(OCc2ccccc2)cc1. The van der Waals surface area contributed by atoms with Gasteiger partial charge in [0.2, 0.25) is 0 Å². The first kappa shape index (κ1) is 18.2. The van der Waals surface area contributed by atoms with Gasteiger partial charge in [0, 0.05) is 5.69 Å². The molecule has 0 aromatic heterocycles. The van der Waals surface area contributed by atoms with Crippen LogP contribution in [0.2, 0.25) is 0 Å². The van der Waals surface area contributed by atoms with Crippen molar-refractivity contribution in [2.75, 3.05) is 11.9 Å². The van der Waals surface area contributed by atoms with E-state index in [0.717, 1.165) is 16.9 Å². The van der Waals surface area contributed by atoms with Crippen molar-refractivity contribution in [3.63, 3.8) is 0 Å². The van der Waals surface area contributed by atoms with E-state index in [1.165, 1.54) is 0 Å². The Bertz CT molecular complexity index is 863. The van der Waals surface area contributed by atoms with E-state index in [0.29, 0.717) is 12.3 Å². The van der Waals surface area contributed by atoms with Gasteiger partial charge in [0.05, 0.1) is 6.21 Å². The van der Waals surface area contributed by atoms with Crippen molar-refractivity contribution >= 4 is 17.8 Å². The number of ether oxygens (including phenoxy) is 1. The molecular formula is C22H20N2O3. The van der Waals surface area contributed by atoms with Crippen LogP contribution in [0.3, 0.4) is 0 Å². The molecule has 0 aliphatic carbocycles. The zero-order chi connectivity index (χ0) is 18.7. The summed E-state index contributed by atoms with van der Waals surface area (Å²) >= 11 is 0. The third-order valence-corrected chi connectivity index (χ3v) is 3.66. The summed E-state index contributed by atoms with van der Waals surface area (Å²) in [7, 11) is 0. The lowest BCUT2D eigenvalue weighted by Crippen LogP contribution is -2.16. The van der Waals surface area contributed by atoms with Crippen molar-refractivity contribution in [1.29, 1.82) is 0 Å². The van der Waals surface area contributed by atoms with Crippen LogP contribution in [0.25, 0.3) is 0 Å². The average molecular weight is 360 g/mol. The number of rotatable bonds is 8. The molecular weight excluding hydrogens is 340 g/mol. The van der Waals surface area contributed by atoms with E-state index in [1.807, 2.05) is 72.8 Å². The smallest absolute Gasteiger partial charge is 0.265 e. The predicted octanol–water partition coefficient (Wildman–Crippen LogP) is 4.25. The number of hydrogen-bond acceptors (Lipinski definition) is 4. The van der Waals surface area contributed by atoms with E-state index in [9.17, 15) is 4.79 Å². The molecule has 3 rings (SSSR count). The second-order valence-electron chi connectivity index (χ2n) is 5.77. The van der Waals surface area contributed by atoms with Gasteiger partial charge in [-0.2, -0.15) is 0 Å². The summed E-state index contributed by atoms with van der Waals surface area (Å²) in [6, 6.07) is 26.7. The molecule has 5 heteroatoms. The summed E-state index contributed by atoms with van der Waals surface area (Å²) < 4.78 is 5.72. The van der Waals surface area contributed by atoms with Gasteiger partial charge in [-0.15, -0.1) is 0 Å². The third kappa shape index (κ3) is 6.32. The summed E-state index contributed by atoms with van der Waals surface area (Å²) in [6.45, 7) is 0.343. The number of hydrogen-bond donors (Lipinski definition) is 1. The number of carbonyl (C=O) groups is 1. The van der Waals surface area contributed by atoms with Crippen molar-refractivity contribution in [1.82, 2.24) is 0 Å². The molecule has 0 unspecified atom stereocenters. The molecule has 0 bridgehead atoms. The maximum Gasteiger partial charge on any atom is 0.265 e. The molecule has 5 nitrogen and oxygen atoms in total. The Morgan fingerprint density at radius 2 is 1.56 bits per heavy atom. The molecule has 0 spiro atoms. The quantitative estimate of drug-likeness (QED) is 0.482. The van der Waals surface area contributed by atoms with Gasteiger partial charge >= 0.3 is 0 Å². The lowest BCUT2D eigenvalue weighted by atomic mass is 10.2. The molecule has 0 aliphatic heterocycles.